The minimum Gasteiger partial charge on any atom is -0.430 e. The van der Waals surface area contributed by atoms with E-state index in [4.69, 9.17) is 4.74 Å². The van der Waals surface area contributed by atoms with Gasteiger partial charge < -0.3 is 25.0 Å². The van der Waals surface area contributed by atoms with Crippen LogP contribution in [0.3, 0.4) is 0 Å². The lowest BCUT2D eigenvalue weighted by molar-refractivity contribution is -0.147. The third kappa shape index (κ3) is 6.58. The predicted molar refractivity (Wildman–Crippen MR) is 152 cm³/mol. The van der Waals surface area contributed by atoms with Gasteiger partial charge in [0.15, 0.2) is 0 Å². The van der Waals surface area contributed by atoms with Crippen LogP contribution in [-0.2, 0) is 14.3 Å². The fraction of sp³-hybridized carbons (Fsp3) is 0.688. The molecule has 7 heteroatoms. The molecular formula is C32H49NO6. The zero-order chi connectivity index (χ0) is 28.9. The average molecular weight is 544 g/mol. The summed E-state index contributed by atoms with van der Waals surface area (Å²) in [6, 6.07) is 0. The van der Waals surface area contributed by atoms with Crippen LogP contribution in [0.1, 0.15) is 92.9 Å². The maximum absolute atomic E-state index is 13.3. The molecule has 5 unspecified atom stereocenters. The minimum atomic E-state index is -1.00. The monoisotopic (exact) mass is 543 g/mol. The number of β-amino-alcohol motifs (C(OH)–C–C–N with tert-alkyl or cyclic N) is 1. The zero-order valence-electron chi connectivity index (χ0n) is 24.8. The summed E-state index contributed by atoms with van der Waals surface area (Å²) in [7, 11) is 0. The molecule has 1 heterocycles. The molecule has 0 saturated heterocycles. The van der Waals surface area contributed by atoms with Gasteiger partial charge >= 0.3 is 5.97 Å². The van der Waals surface area contributed by atoms with E-state index in [0.29, 0.717) is 30.1 Å². The molecule has 0 radical (unpaired) electrons. The molecule has 7 nitrogen and oxygen atoms in total. The van der Waals surface area contributed by atoms with Crippen molar-refractivity contribution in [1.29, 1.82) is 0 Å². The van der Waals surface area contributed by atoms with Crippen molar-refractivity contribution in [2.24, 2.45) is 23.2 Å². The Labute approximate surface area is 234 Å². The van der Waals surface area contributed by atoms with Crippen LogP contribution in [0.4, 0.5) is 0 Å². The third-order valence-electron chi connectivity index (χ3n) is 9.27. The van der Waals surface area contributed by atoms with Gasteiger partial charge in [-0.2, -0.15) is 0 Å². The highest BCUT2D eigenvalue weighted by molar-refractivity contribution is 6.00. The second kappa shape index (κ2) is 13.4. The first kappa shape index (κ1) is 31.3. The summed E-state index contributed by atoms with van der Waals surface area (Å²) >= 11 is 0. The number of rotatable bonds is 13. The van der Waals surface area contributed by atoms with Gasteiger partial charge in [-0.25, -0.2) is 0 Å². The van der Waals surface area contributed by atoms with E-state index in [2.05, 4.69) is 20.8 Å². The van der Waals surface area contributed by atoms with E-state index in [9.17, 15) is 24.9 Å². The zero-order valence-corrected chi connectivity index (χ0v) is 24.8. The molecule has 0 spiro atoms. The van der Waals surface area contributed by atoms with Gasteiger partial charge in [0.1, 0.15) is 5.76 Å². The van der Waals surface area contributed by atoms with E-state index in [0.717, 1.165) is 54.5 Å². The highest BCUT2D eigenvalue weighted by atomic mass is 16.5. The molecule has 39 heavy (non-hydrogen) atoms. The second-order valence-corrected chi connectivity index (χ2v) is 12.0. The maximum Gasteiger partial charge on any atom is 0.316 e. The van der Waals surface area contributed by atoms with Gasteiger partial charge in [0.05, 0.1) is 18.6 Å². The van der Waals surface area contributed by atoms with Gasteiger partial charge in [0.2, 0.25) is 0 Å². The van der Waals surface area contributed by atoms with E-state index in [1.807, 2.05) is 19.1 Å². The number of amides is 1. The number of ether oxygens (including phenoxy) is 1. The highest BCUT2D eigenvalue weighted by Crippen LogP contribution is 2.55. The molecule has 5 atom stereocenters. The lowest BCUT2D eigenvalue weighted by Crippen LogP contribution is -2.38. The fourth-order valence-corrected chi connectivity index (χ4v) is 6.28. The first-order valence-electron chi connectivity index (χ1n) is 14.8. The summed E-state index contributed by atoms with van der Waals surface area (Å²) in [4.78, 5) is 27.8. The van der Waals surface area contributed by atoms with Crippen molar-refractivity contribution in [2.75, 3.05) is 19.8 Å². The van der Waals surface area contributed by atoms with E-state index in [1.54, 1.807) is 18.7 Å². The number of nitrogens with zero attached hydrogens (tertiary/aromatic N) is 1. The van der Waals surface area contributed by atoms with Crippen molar-refractivity contribution >= 4 is 11.9 Å². The molecule has 0 bridgehead atoms. The molecule has 0 fully saturated rings. The lowest BCUT2D eigenvalue weighted by atomic mass is 9.60. The third-order valence-corrected chi connectivity index (χ3v) is 9.27. The quantitative estimate of drug-likeness (QED) is 0.168. The Bertz CT molecular complexity index is 1050. The Morgan fingerprint density at radius 1 is 1.28 bits per heavy atom. The number of unbranched alkanes of at least 4 members (excludes halogenated alkanes) is 3. The summed E-state index contributed by atoms with van der Waals surface area (Å²) < 4.78 is 6.02. The van der Waals surface area contributed by atoms with Crippen LogP contribution in [0.2, 0.25) is 0 Å². The lowest BCUT2D eigenvalue weighted by Gasteiger charge is -2.45. The van der Waals surface area contributed by atoms with Crippen molar-refractivity contribution in [3.63, 3.8) is 0 Å². The molecule has 3 aliphatic rings. The van der Waals surface area contributed by atoms with Crippen LogP contribution in [0, 0.1) is 23.2 Å². The number of carbonyl (C=O) groups excluding carboxylic acids is 2. The maximum atomic E-state index is 13.3. The molecule has 2 aliphatic carbocycles. The van der Waals surface area contributed by atoms with Crippen molar-refractivity contribution in [1.82, 2.24) is 4.90 Å². The van der Waals surface area contributed by atoms with Gasteiger partial charge in [-0.1, -0.05) is 52.5 Å². The number of hydrogen-bond donors (Lipinski definition) is 3. The fourth-order valence-electron chi connectivity index (χ4n) is 6.28. The van der Waals surface area contributed by atoms with Crippen LogP contribution < -0.4 is 0 Å². The Kier molecular flexibility index (Phi) is 10.8. The van der Waals surface area contributed by atoms with Crippen molar-refractivity contribution in [3.8, 4) is 0 Å². The van der Waals surface area contributed by atoms with Gasteiger partial charge in [0.25, 0.3) is 5.91 Å². The van der Waals surface area contributed by atoms with Crippen LogP contribution in [0.15, 0.2) is 45.9 Å². The number of aliphatic hydroxyl groups is 3. The largest absolute Gasteiger partial charge is 0.430 e. The molecule has 0 aromatic rings. The summed E-state index contributed by atoms with van der Waals surface area (Å²) in [6.07, 6.45) is 10.4. The minimum absolute atomic E-state index is 0.0163. The molecule has 1 aliphatic heterocycles. The van der Waals surface area contributed by atoms with E-state index in [1.165, 1.54) is 6.42 Å². The highest BCUT2D eigenvalue weighted by Gasteiger charge is 2.47. The molecule has 0 saturated carbocycles. The van der Waals surface area contributed by atoms with Gasteiger partial charge in [-0.3, -0.25) is 9.59 Å². The van der Waals surface area contributed by atoms with Gasteiger partial charge in [-0.15, -0.1) is 0 Å². The van der Waals surface area contributed by atoms with Crippen molar-refractivity contribution in [3.05, 3.63) is 45.9 Å². The Balaban J connectivity index is 1.82. The molecule has 3 rings (SSSR count). The standard InChI is InChI=1S/C32H49NO6/c1-7-8-9-10-11-24(19-35)16-20(2)29(36)23(5)31(38)39-28-13-12-21(3)32(6)18-25-22(4)30(37)33(14-15-34)27(25)17-26(28)32/h16-17,21,23-24,29,34-36H,7-15,18-19H2,1-6H3. The number of esters is 1. The first-order valence-corrected chi connectivity index (χ1v) is 14.8. The normalized spacial score (nSPS) is 25.8. The second-order valence-electron chi connectivity index (χ2n) is 12.0. The van der Waals surface area contributed by atoms with Crippen LogP contribution in [-0.4, -0.2) is 58.0 Å². The smallest absolute Gasteiger partial charge is 0.316 e. The number of allylic oxidation sites excluding steroid dienone is 4. The van der Waals surface area contributed by atoms with Crippen molar-refractivity contribution in [2.45, 2.75) is 99.0 Å². The van der Waals surface area contributed by atoms with Gasteiger partial charge in [-0.05, 0) is 68.7 Å². The summed E-state index contributed by atoms with van der Waals surface area (Å²) in [6.45, 7) is 12.0. The Hall–Kier alpha value is -2.22. The van der Waals surface area contributed by atoms with E-state index < -0.39 is 18.0 Å². The molecule has 0 aromatic carbocycles. The molecule has 0 aromatic heterocycles. The molecular weight excluding hydrogens is 494 g/mol. The number of fused-ring (bicyclic) bond motifs is 2. The van der Waals surface area contributed by atoms with Crippen molar-refractivity contribution < 1.29 is 29.6 Å². The van der Waals surface area contributed by atoms with E-state index >= 15 is 0 Å². The summed E-state index contributed by atoms with van der Waals surface area (Å²) in [5.74, 6) is -0.435. The number of carbonyl (C=O) groups is 2. The summed E-state index contributed by atoms with van der Waals surface area (Å²) in [5.41, 5.74) is 3.84. The Morgan fingerprint density at radius 2 is 2.00 bits per heavy atom. The Morgan fingerprint density at radius 3 is 2.64 bits per heavy atom. The van der Waals surface area contributed by atoms with Crippen LogP contribution >= 0.6 is 0 Å². The summed E-state index contributed by atoms with van der Waals surface area (Å²) in [5, 5.41) is 30.3. The SMILES string of the molecule is CCCCCCC(C=C(C)C(O)C(C)C(=O)OC1=C2C=C3C(=C(C)C(=O)N3CCO)CC2(C)C(C)CC1)CO. The van der Waals surface area contributed by atoms with Crippen LogP contribution in [0.25, 0.3) is 0 Å². The predicted octanol–water partition coefficient (Wildman–Crippen LogP) is 5.18. The van der Waals surface area contributed by atoms with Gasteiger partial charge in [0, 0.05) is 42.2 Å². The van der Waals surface area contributed by atoms with Crippen LogP contribution in [0.5, 0.6) is 0 Å². The topological polar surface area (TPSA) is 107 Å². The average Bonchev–Trinajstić information content (AvgIpc) is 3.14. The van der Waals surface area contributed by atoms with E-state index in [-0.39, 0.29) is 37.0 Å². The molecule has 3 N–H and O–H groups in total. The molecule has 1 amide bonds. The molecule has 218 valence electrons. The first-order chi connectivity index (χ1) is 18.5. The number of hydrogen-bond acceptors (Lipinski definition) is 6. The number of aliphatic hydroxyl groups excluding tert-OH is 3.